The zero-order valence-corrected chi connectivity index (χ0v) is 22.2. The fourth-order valence-corrected chi connectivity index (χ4v) is 4.58. The molecule has 208 valence electrons. The van der Waals surface area contributed by atoms with E-state index in [-0.39, 0.29) is 18.4 Å². The number of carbonyl (C=O) groups excluding carboxylic acids is 1. The van der Waals surface area contributed by atoms with Crippen molar-refractivity contribution in [2.75, 3.05) is 17.2 Å². The van der Waals surface area contributed by atoms with Crippen LogP contribution in [0, 0.1) is 6.92 Å². The molecule has 0 aliphatic carbocycles. The molecule has 4 aromatic heterocycles. The molecule has 5 rings (SSSR count). The second-order valence-electron chi connectivity index (χ2n) is 9.40. The van der Waals surface area contributed by atoms with E-state index in [1.54, 1.807) is 17.8 Å². The predicted octanol–water partition coefficient (Wildman–Crippen LogP) is 1.68. The summed E-state index contributed by atoms with van der Waals surface area (Å²) in [6.45, 7) is 6.67. The lowest BCUT2D eigenvalue weighted by Crippen LogP contribution is -2.32. The minimum Gasteiger partial charge on any atom is -0.457 e. The molecule has 39 heavy (non-hydrogen) atoms. The molecule has 1 aliphatic heterocycles. The van der Waals surface area contributed by atoms with Crippen molar-refractivity contribution >= 4 is 29.4 Å². The van der Waals surface area contributed by atoms with Crippen LogP contribution in [0.15, 0.2) is 23.4 Å². The van der Waals surface area contributed by atoms with Crippen molar-refractivity contribution in [3.8, 4) is 0 Å². The number of hydrogen-bond donors (Lipinski definition) is 3. The highest BCUT2D eigenvalue weighted by atomic mass is 16.6. The van der Waals surface area contributed by atoms with E-state index >= 15 is 0 Å². The van der Waals surface area contributed by atoms with E-state index in [2.05, 4.69) is 44.6 Å². The molecule has 0 amide bonds. The molecular formula is C24H32N10O5. The third-order valence-electron chi connectivity index (χ3n) is 6.66. The summed E-state index contributed by atoms with van der Waals surface area (Å²) >= 11 is 0. The zero-order valence-electron chi connectivity index (χ0n) is 22.2. The fourth-order valence-electron chi connectivity index (χ4n) is 4.58. The number of anilines is 2. The lowest BCUT2D eigenvalue weighted by Gasteiger charge is -2.20. The summed E-state index contributed by atoms with van der Waals surface area (Å²) in [6.07, 6.45) is 3.37. The fraction of sp³-hybridized carbons (Fsp3) is 0.542. The maximum atomic E-state index is 11.3. The molecule has 1 saturated heterocycles. The normalized spacial score (nSPS) is 21.1. The zero-order chi connectivity index (χ0) is 27.5. The number of aliphatic hydroxyl groups is 1. The summed E-state index contributed by atoms with van der Waals surface area (Å²) in [7, 11) is 1.92. The van der Waals surface area contributed by atoms with Crippen molar-refractivity contribution in [3.05, 3.63) is 36.3 Å². The largest absolute Gasteiger partial charge is 0.457 e. The maximum Gasteiger partial charge on any atom is 0.293 e. The highest BCUT2D eigenvalue weighted by Crippen LogP contribution is 2.41. The molecule has 0 radical (unpaired) electrons. The van der Waals surface area contributed by atoms with Gasteiger partial charge in [-0.15, -0.1) is 0 Å². The number of nitrogens with one attached hydrogen (secondary N) is 2. The summed E-state index contributed by atoms with van der Waals surface area (Å²) in [6, 6.07) is 0.176. The lowest BCUT2D eigenvalue weighted by atomic mass is 10.1. The van der Waals surface area contributed by atoms with Crippen molar-refractivity contribution in [2.24, 2.45) is 7.05 Å². The topological polar surface area (TPSA) is 180 Å². The van der Waals surface area contributed by atoms with E-state index in [4.69, 9.17) is 24.0 Å². The number of aliphatic hydroxyl groups excluding tert-OH is 1. The molecule has 5 heterocycles. The van der Waals surface area contributed by atoms with Gasteiger partial charge in [-0.1, -0.05) is 19.0 Å². The Bertz CT molecular complexity index is 1410. The molecule has 0 unspecified atom stereocenters. The van der Waals surface area contributed by atoms with Crippen LogP contribution in [0.4, 0.5) is 11.8 Å². The summed E-state index contributed by atoms with van der Waals surface area (Å²) in [4.78, 5) is 33.8. The van der Waals surface area contributed by atoms with E-state index in [1.165, 1.54) is 6.33 Å². The van der Waals surface area contributed by atoms with Gasteiger partial charge in [0.25, 0.3) is 12.4 Å². The second-order valence-corrected chi connectivity index (χ2v) is 9.40. The molecule has 0 saturated carbocycles. The number of ether oxygens (including phenoxy) is 2. The molecule has 3 N–H and O–H groups in total. The first-order valence-corrected chi connectivity index (χ1v) is 12.9. The second kappa shape index (κ2) is 11.3. The van der Waals surface area contributed by atoms with Crippen LogP contribution in [-0.4, -0.2) is 75.6 Å². The first-order chi connectivity index (χ1) is 18.9. The Balaban J connectivity index is 1.49. The van der Waals surface area contributed by atoms with Gasteiger partial charge in [0, 0.05) is 32.3 Å². The Morgan fingerprint density at radius 3 is 2.69 bits per heavy atom. The number of nitrogens with zero attached hydrogens (tertiary/aromatic N) is 8. The van der Waals surface area contributed by atoms with Gasteiger partial charge in [0.15, 0.2) is 41.2 Å². The van der Waals surface area contributed by atoms with Crippen LogP contribution in [0.5, 0.6) is 0 Å². The van der Waals surface area contributed by atoms with Gasteiger partial charge < -0.3 is 34.3 Å². The van der Waals surface area contributed by atoms with Crippen LogP contribution in [0.3, 0.4) is 0 Å². The molecule has 0 spiro atoms. The monoisotopic (exact) mass is 540 g/mol. The molecular weight excluding hydrogens is 508 g/mol. The van der Waals surface area contributed by atoms with Gasteiger partial charge in [-0.3, -0.25) is 9.36 Å². The number of fused-ring (bicyclic) bond motifs is 1. The predicted molar refractivity (Wildman–Crippen MR) is 138 cm³/mol. The van der Waals surface area contributed by atoms with Gasteiger partial charge in [0.1, 0.15) is 6.10 Å². The van der Waals surface area contributed by atoms with E-state index in [0.717, 1.165) is 18.5 Å². The van der Waals surface area contributed by atoms with Crippen LogP contribution in [0.2, 0.25) is 0 Å². The molecule has 0 bridgehead atoms. The number of aromatic nitrogens is 8. The number of rotatable bonds is 12. The molecule has 4 atom stereocenters. The van der Waals surface area contributed by atoms with Gasteiger partial charge in [-0.2, -0.15) is 15.0 Å². The van der Waals surface area contributed by atoms with Crippen molar-refractivity contribution in [1.82, 2.24) is 39.2 Å². The van der Waals surface area contributed by atoms with Crippen molar-refractivity contribution in [1.29, 1.82) is 0 Å². The molecule has 4 aromatic rings. The molecule has 1 fully saturated rings. The van der Waals surface area contributed by atoms with E-state index in [1.807, 2.05) is 17.8 Å². The summed E-state index contributed by atoms with van der Waals surface area (Å²) in [5, 5.41) is 21.5. The Labute approximate surface area is 224 Å². The average Bonchev–Trinajstić information content (AvgIpc) is 3.71. The summed E-state index contributed by atoms with van der Waals surface area (Å²) < 4.78 is 20.1. The summed E-state index contributed by atoms with van der Waals surface area (Å²) in [5.41, 5.74) is 1.88. The van der Waals surface area contributed by atoms with Gasteiger partial charge >= 0.3 is 0 Å². The highest BCUT2D eigenvalue weighted by Gasteiger charge is 2.50. The van der Waals surface area contributed by atoms with Crippen LogP contribution in [0.1, 0.15) is 56.4 Å². The average molecular weight is 541 g/mol. The van der Waals surface area contributed by atoms with E-state index < -0.39 is 24.5 Å². The van der Waals surface area contributed by atoms with Crippen LogP contribution in [-0.2, 0) is 27.7 Å². The summed E-state index contributed by atoms with van der Waals surface area (Å²) in [5.74, 6) is 1.40. The quantitative estimate of drug-likeness (QED) is 0.221. The SMILES string of the molecule is CCC(CC)Nc1nc(NCCc2cn(C)cn2)nc2c1ncn2[C@@H]1O[C@H](c2nc(C)no2)[C@@H](O)[C@H]1OC=O. The Morgan fingerprint density at radius 1 is 1.21 bits per heavy atom. The minimum absolute atomic E-state index is 0.0778. The number of carbonyl (C=O) groups is 1. The van der Waals surface area contributed by atoms with Crippen molar-refractivity contribution < 1.29 is 23.9 Å². The maximum absolute atomic E-state index is 11.3. The lowest BCUT2D eigenvalue weighted by molar-refractivity contribution is -0.142. The standard InChI is InChI=1S/C24H32N10O5/c1-5-14(6-2)29-20-16-21(31-24(30-20)25-8-7-15-9-33(4)10-26-15)34(11-27-16)23-19(37-12-35)17(36)18(38-23)22-28-13(3)32-39-22/h9-12,14,17-19,23,36H,5-8H2,1-4H3,(H2,25,29,30,31)/t17-,18+,19-,23-/m1/s1. The molecule has 0 aromatic carbocycles. The molecule has 15 heteroatoms. The Kier molecular flexibility index (Phi) is 7.70. The van der Waals surface area contributed by atoms with Gasteiger partial charge in [0.2, 0.25) is 5.95 Å². The molecule has 1 aliphatic rings. The third-order valence-corrected chi connectivity index (χ3v) is 6.66. The Hall–Kier alpha value is -4.11. The van der Waals surface area contributed by atoms with Crippen LogP contribution >= 0.6 is 0 Å². The number of hydrogen-bond acceptors (Lipinski definition) is 13. The smallest absolute Gasteiger partial charge is 0.293 e. The van der Waals surface area contributed by atoms with E-state index in [0.29, 0.717) is 41.7 Å². The number of aryl methyl sites for hydroxylation is 2. The first kappa shape index (κ1) is 26.5. The first-order valence-electron chi connectivity index (χ1n) is 12.9. The highest BCUT2D eigenvalue weighted by molar-refractivity contribution is 5.84. The van der Waals surface area contributed by atoms with Crippen molar-refractivity contribution in [3.63, 3.8) is 0 Å². The van der Waals surface area contributed by atoms with Gasteiger partial charge in [-0.05, 0) is 19.8 Å². The van der Waals surface area contributed by atoms with Crippen LogP contribution < -0.4 is 10.6 Å². The minimum atomic E-state index is -1.27. The Morgan fingerprint density at radius 2 is 2.03 bits per heavy atom. The van der Waals surface area contributed by atoms with Crippen LogP contribution in [0.25, 0.3) is 11.2 Å². The number of imidazole rings is 2. The third kappa shape index (κ3) is 5.40. The molecule has 15 nitrogen and oxygen atoms in total. The van der Waals surface area contributed by atoms with Gasteiger partial charge in [-0.25, -0.2) is 9.97 Å². The van der Waals surface area contributed by atoms with Gasteiger partial charge in [0.05, 0.1) is 18.3 Å². The van der Waals surface area contributed by atoms with Crippen molar-refractivity contribution in [2.45, 2.75) is 70.6 Å². The van der Waals surface area contributed by atoms with E-state index in [9.17, 15) is 9.90 Å².